The molecule has 37 heavy (non-hydrogen) atoms. The number of nitrogens with zero attached hydrogens (tertiary/aromatic N) is 2. The molecule has 1 saturated carbocycles. The Morgan fingerprint density at radius 1 is 1.08 bits per heavy atom. The molecule has 0 aromatic heterocycles. The molecule has 2 heterocycles. The number of benzene rings is 1. The SMILES string of the molecule is C[C@@H]1CS/C(=N\NC(=O)C(=O)[C@H](NC(=O)C2CCCCCC2)C2CCOCC2)N1Cc1ccc(F)cc1. The van der Waals surface area contributed by atoms with Crippen LogP contribution in [0.3, 0.4) is 0 Å². The fraction of sp³-hybridized carbons (Fsp3) is 0.630. The lowest BCUT2D eigenvalue weighted by atomic mass is 9.87. The maximum atomic E-state index is 13.3. The Morgan fingerprint density at radius 2 is 1.76 bits per heavy atom. The number of halogens is 1. The fourth-order valence-electron chi connectivity index (χ4n) is 5.22. The Labute approximate surface area is 222 Å². The van der Waals surface area contributed by atoms with Crippen LogP contribution in [0.4, 0.5) is 4.39 Å². The molecule has 8 nitrogen and oxygen atoms in total. The predicted molar refractivity (Wildman–Crippen MR) is 141 cm³/mol. The van der Waals surface area contributed by atoms with Crippen LogP contribution in [0.5, 0.6) is 0 Å². The fourth-order valence-corrected chi connectivity index (χ4v) is 6.31. The molecule has 0 bridgehead atoms. The van der Waals surface area contributed by atoms with Gasteiger partial charge in [-0.3, -0.25) is 14.4 Å². The van der Waals surface area contributed by atoms with Crippen LogP contribution >= 0.6 is 11.8 Å². The number of nitrogens with one attached hydrogen (secondary N) is 2. The molecule has 2 saturated heterocycles. The Bertz CT molecular complexity index is 975. The molecule has 4 rings (SSSR count). The van der Waals surface area contributed by atoms with E-state index in [1.807, 2.05) is 4.90 Å². The smallest absolute Gasteiger partial charge is 0.309 e. The minimum Gasteiger partial charge on any atom is -0.381 e. The minimum absolute atomic E-state index is 0.114. The standard InChI is InChI=1S/C27H37FN4O4S/c1-18-17-37-27(32(18)16-19-8-10-22(28)11-9-19)31-30-26(35)24(33)23(20-12-14-36-15-13-20)29-25(34)21-6-4-2-3-5-7-21/h8-11,18,20-21,23H,2-7,12-17H2,1H3,(H,29,34)(H,30,35)/b31-27-/t18-,23-/m1/s1. The van der Waals surface area contributed by atoms with Crippen molar-refractivity contribution in [3.8, 4) is 0 Å². The van der Waals surface area contributed by atoms with Gasteiger partial charge in [-0.2, -0.15) is 0 Å². The van der Waals surface area contributed by atoms with E-state index in [0.29, 0.717) is 37.8 Å². The van der Waals surface area contributed by atoms with Gasteiger partial charge in [0.05, 0.1) is 0 Å². The number of hydrogen-bond acceptors (Lipinski definition) is 6. The summed E-state index contributed by atoms with van der Waals surface area (Å²) in [6.07, 6.45) is 7.14. The molecule has 1 aliphatic carbocycles. The molecule has 1 aromatic carbocycles. The van der Waals surface area contributed by atoms with Crippen molar-refractivity contribution in [2.75, 3.05) is 19.0 Å². The third-order valence-corrected chi connectivity index (χ3v) is 8.75. The molecular formula is C27H37FN4O4S. The van der Waals surface area contributed by atoms with Gasteiger partial charge < -0.3 is 15.0 Å². The molecule has 1 aromatic rings. The number of ketones is 1. The molecule has 202 valence electrons. The summed E-state index contributed by atoms with van der Waals surface area (Å²) in [5, 5.41) is 7.82. The number of ether oxygens (including phenoxy) is 1. The van der Waals surface area contributed by atoms with Crippen LogP contribution in [0.15, 0.2) is 29.4 Å². The number of Topliss-reactive ketones (excluding diaryl/α,β-unsaturated/α-hetero) is 1. The average molecular weight is 533 g/mol. The molecule has 0 spiro atoms. The molecule has 2 aliphatic heterocycles. The van der Waals surface area contributed by atoms with Crippen LogP contribution in [0.25, 0.3) is 0 Å². The van der Waals surface area contributed by atoms with Crippen molar-refractivity contribution in [2.24, 2.45) is 16.9 Å². The van der Waals surface area contributed by atoms with Crippen molar-refractivity contribution in [3.63, 3.8) is 0 Å². The van der Waals surface area contributed by atoms with Crippen LogP contribution < -0.4 is 10.7 Å². The maximum Gasteiger partial charge on any atom is 0.309 e. The first-order valence-corrected chi connectivity index (χ1v) is 14.3. The maximum absolute atomic E-state index is 13.3. The minimum atomic E-state index is -0.884. The first kappa shape index (κ1) is 27.6. The number of thioether (sulfide) groups is 1. The van der Waals surface area contributed by atoms with E-state index in [0.717, 1.165) is 49.8 Å². The van der Waals surface area contributed by atoms with Gasteiger partial charge in [-0.15, -0.1) is 5.10 Å². The second kappa shape index (κ2) is 13.4. The summed E-state index contributed by atoms with van der Waals surface area (Å²) in [6.45, 7) is 3.57. The van der Waals surface area contributed by atoms with Gasteiger partial charge >= 0.3 is 5.91 Å². The summed E-state index contributed by atoms with van der Waals surface area (Å²) < 4.78 is 18.7. The van der Waals surface area contributed by atoms with Crippen molar-refractivity contribution in [2.45, 2.75) is 76.9 Å². The van der Waals surface area contributed by atoms with E-state index in [9.17, 15) is 18.8 Å². The van der Waals surface area contributed by atoms with E-state index in [1.54, 1.807) is 12.1 Å². The van der Waals surface area contributed by atoms with Crippen molar-refractivity contribution < 1.29 is 23.5 Å². The number of carbonyl (C=O) groups is 3. The van der Waals surface area contributed by atoms with Crippen LogP contribution in [0.2, 0.25) is 0 Å². The van der Waals surface area contributed by atoms with Crippen molar-refractivity contribution in [1.29, 1.82) is 0 Å². The van der Waals surface area contributed by atoms with Crippen molar-refractivity contribution >= 4 is 34.5 Å². The van der Waals surface area contributed by atoms with Crippen LogP contribution in [-0.4, -0.2) is 58.7 Å². The monoisotopic (exact) mass is 532 g/mol. The highest BCUT2D eigenvalue weighted by Gasteiger charge is 2.36. The van der Waals surface area contributed by atoms with Gasteiger partial charge in [0.1, 0.15) is 11.9 Å². The zero-order valence-electron chi connectivity index (χ0n) is 21.4. The molecule has 3 fully saturated rings. The molecule has 2 N–H and O–H groups in total. The van der Waals surface area contributed by atoms with Gasteiger partial charge in [-0.1, -0.05) is 49.6 Å². The third-order valence-electron chi connectivity index (χ3n) is 7.52. The Hall–Kier alpha value is -2.46. The van der Waals surface area contributed by atoms with Gasteiger partial charge in [0.15, 0.2) is 5.17 Å². The van der Waals surface area contributed by atoms with Crippen LogP contribution in [-0.2, 0) is 25.7 Å². The molecule has 2 amide bonds. The van der Waals surface area contributed by atoms with E-state index in [4.69, 9.17) is 4.74 Å². The van der Waals surface area contributed by atoms with Crippen molar-refractivity contribution in [3.05, 3.63) is 35.6 Å². The van der Waals surface area contributed by atoms with E-state index in [-0.39, 0.29) is 29.6 Å². The number of amidine groups is 1. The lowest BCUT2D eigenvalue weighted by molar-refractivity contribution is -0.142. The number of hydrogen-bond donors (Lipinski definition) is 2. The lowest BCUT2D eigenvalue weighted by Gasteiger charge is -2.30. The molecule has 3 aliphatic rings. The van der Waals surface area contributed by atoms with E-state index >= 15 is 0 Å². The number of amides is 2. The zero-order chi connectivity index (χ0) is 26.2. The zero-order valence-corrected chi connectivity index (χ0v) is 22.2. The summed E-state index contributed by atoms with van der Waals surface area (Å²) in [5.41, 5.74) is 3.37. The summed E-state index contributed by atoms with van der Waals surface area (Å²) in [7, 11) is 0. The lowest BCUT2D eigenvalue weighted by Crippen LogP contribution is -2.53. The van der Waals surface area contributed by atoms with Gasteiger partial charge in [-0.25, -0.2) is 9.82 Å². The predicted octanol–water partition coefficient (Wildman–Crippen LogP) is 3.60. The topological polar surface area (TPSA) is 100 Å². The highest BCUT2D eigenvalue weighted by atomic mass is 32.2. The first-order valence-electron chi connectivity index (χ1n) is 13.4. The number of hydrazone groups is 1. The Kier molecular flexibility index (Phi) is 9.96. The third kappa shape index (κ3) is 7.54. The van der Waals surface area contributed by atoms with E-state index < -0.39 is 17.7 Å². The van der Waals surface area contributed by atoms with E-state index in [1.165, 1.54) is 23.9 Å². The summed E-state index contributed by atoms with van der Waals surface area (Å²) >= 11 is 1.49. The van der Waals surface area contributed by atoms with Gasteiger partial charge in [-0.05, 0) is 56.2 Å². The Morgan fingerprint density at radius 3 is 2.43 bits per heavy atom. The average Bonchev–Trinajstić information content (AvgIpc) is 3.09. The number of rotatable bonds is 8. The normalized spacial score (nSPS) is 23.5. The summed E-state index contributed by atoms with van der Waals surface area (Å²) in [4.78, 5) is 41.4. The highest BCUT2D eigenvalue weighted by molar-refractivity contribution is 8.14. The first-order chi connectivity index (χ1) is 17.9. The molecule has 10 heteroatoms. The van der Waals surface area contributed by atoms with Gasteiger partial charge in [0.2, 0.25) is 11.7 Å². The Balaban J connectivity index is 1.42. The quantitative estimate of drug-likeness (QED) is 0.302. The second-order valence-electron chi connectivity index (χ2n) is 10.2. The van der Waals surface area contributed by atoms with Crippen molar-refractivity contribution in [1.82, 2.24) is 15.6 Å². The number of carbonyl (C=O) groups excluding carboxylic acids is 3. The molecule has 0 radical (unpaired) electrons. The largest absolute Gasteiger partial charge is 0.381 e. The summed E-state index contributed by atoms with van der Waals surface area (Å²) in [6, 6.07) is 5.56. The van der Waals surface area contributed by atoms with Gasteiger partial charge in [0, 0.05) is 37.5 Å². The molecular weight excluding hydrogens is 495 g/mol. The second-order valence-corrected chi connectivity index (χ2v) is 11.2. The summed E-state index contributed by atoms with van der Waals surface area (Å²) in [5.74, 6) is -1.39. The van der Waals surface area contributed by atoms with Crippen LogP contribution in [0, 0.1) is 17.7 Å². The molecule has 2 atom stereocenters. The van der Waals surface area contributed by atoms with Gasteiger partial charge in [0.25, 0.3) is 0 Å². The van der Waals surface area contributed by atoms with Crippen LogP contribution in [0.1, 0.15) is 63.9 Å². The van der Waals surface area contributed by atoms with E-state index in [2.05, 4.69) is 22.8 Å². The highest BCUT2D eigenvalue weighted by Crippen LogP contribution is 2.27. The molecule has 0 unspecified atom stereocenters.